The van der Waals surface area contributed by atoms with Gasteiger partial charge in [-0.15, -0.1) is 0 Å². The summed E-state index contributed by atoms with van der Waals surface area (Å²) in [5, 5.41) is 19.2. The summed E-state index contributed by atoms with van der Waals surface area (Å²) in [4.78, 5) is 0. The highest BCUT2D eigenvalue weighted by Crippen LogP contribution is 2.18. The molecule has 0 aromatic rings. The quantitative estimate of drug-likeness (QED) is 0.533. The summed E-state index contributed by atoms with van der Waals surface area (Å²) in [6, 6.07) is 0. The number of hydrogen-bond acceptors (Lipinski definition) is 2. The summed E-state index contributed by atoms with van der Waals surface area (Å²) < 4.78 is 0. The maximum atomic E-state index is 9.95. The Balaban J connectivity index is 3.60. The van der Waals surface area contributed by atoms with Gasteiger partial charge in [-0.1, -0.05) is 58.8 Å². The molecule has 0 aliphatic rings. The topological polar surface area (TPSA) is 40.5 Å². The highest BCUT2D eigenvalue weighted by molar-refractivity contribution is 4.68. The zero-order valence-corrected chi connectivity index (χ0v) is 11.1. The third-order valence-corrected chi connectivity index (χ3v) is 3.31. The Morgan fingerprint density at radius 1 is 0.812 bits per heavy atom. The van der Waals surface area contributed by atoms with Crippen molar-refractivity contribution in [3.63, 3.8) is 0 Å². The second-order valence-electron chi connectivity index (χ2n) is 4.86. The van der Waals surface area contributed by atoms with Crippen molar-refractivity contribution >= 4 is 0 Å². The molecule has 0 amide bonds. The van der Waals surface area contributed by atoms with Crippen molar-refractivity contribution in [2.75, 3.05) is 6.61 Å². The Labute approximate surface area is 101 Å². The summed E-state index contributed by atoms with van der Waals surface area (Å²) in [7, 11) is 0. The molecule has 16 heavy (non-hydrogen) atoms. The average molecular weight is 230 g/mol. The minimum atomic E-state index is -0.293. The first kappa shape index (κ1) is 15.9. The summed E-state index contributed by atoms with van der Waals surface area (Å²) in [6.45, 7) is 4.51. The molecule has 2 nitrogen and oxygen atoms in total. The Kier molecular flexibility index (Phi) is 11.3. The number of hydrogen-bond donors (Lipinski definition) is 2. The molecule has 0 bridgehead atoms. The average Bonchev–Trinajstić information content (AvgIpc) is 2.30. The molecular formula is C14H30O2. The van der Waals surface area contributed by atoms with Gasteiger partial charge in [0.2, 0.25) is 0 Å². The van der Waals surface area contributed by atoms with Crippen LogP contribution in [0.4, 0.5) is 0 Å². The van der Waals surface area contributed by atoms with Crippen molar-refractivity contribution in [1.82, 2.24) is 0 Å². The second kappa shape index (κ2) is 11.4. The number of aliphatic hydroxyl groups excluding tert-OH is 2. The summed E-state index contributed by atoms with van der Waals surface area (Å²) >= 11 is 0. The molecule has 98 valence electrons. The standard InChI is InChI=1S/C14H30O2/c1-3-5-7-9-11-14(16)13(12-15)10-8-6-4-2/h13-16H,3-12H2,1-2H3/t13-,14-/m0/s1. The van der Waals surface area contributed by atoms with Crippen LogP contribution in [-0.2, 0) is 0 Å². The molecule has 0 saturated carbocycles. The van der Waals surface area contributed by atoms with Crippen LogP contribution in [0.2, 0.25) is 0 Å². The maximum absolute atomic E-state index is 9.95. The molecule has 0 rings (SSSR count). The summed E-state index contributed by atoms with van der Waals surface area (Å²) in [6.07, 6.45) is 9.87. The van der Waals surface area contributed by atoms with E-state index in [-0.39, 0.29) is 18.6 Å². The largest absolute Gasteiger partial charge is 0.396 e. The fourth-order valence-electron chi connectivity index (χ4n) is 2.08. The first-order valence-corrected chi connectivity index (χ1v) is 7.05. The van der Waals surface area contributed by atoms with Crippen molar-refractivity contribution in [2.24, 2.45) is 5.92 Å². The molecule has 0 aliphatic heterocycles. The molecule has 0 heterocycles. The van der Waals surface area contributed by atoms with Crippen molar-refractivity contribution < 1.29 is 10.2 Å². The van der Waals surface area contributed by atoms with E-state index < -0.39 is 0 Å². The van der Waals surface area contributed by atoms with Crippen LogP contribution >= 0.6 is 0 Å². The molecule has 0 radical (unpaired) electrons. The van der Waals surface area contributed by atoms with E-state index in [4.69, 9.17) is 0 Å². The van der Waals surface area contributed by atoms with Crippen molar-refractivity contribution in [3.05, 3.63) is 0 Å². The van der Waals surface area contributed by atoms with Gasteiger partial charge >= 0.3 is 0 Å². The van der Waals surface area contributed by atoms with E-state index in [9.17, 15) is 10.2 Å². The summed E-state index contributed by atoms with van der Waals surface area (Å²) in [5.74, 6) is 0.105. The normalized spacial score (nSPS) is 15.0. The van der Waals surface area contributed by atoms with Crippen LogP contribution in [0.25, 0.3) is 0 Å². The van der Waals surface area contributed by atoms with Crippen LogP contribution in [-0.4, -0.2) is 22.9 Å². The van der Waals surface area contributed by atoms with Crippen LogP contribution in [0, 0.1) is 5.92 Å². The minimum absolute atomic E-state index is 0.105. The molecule has 0 aliphatic carbocycles. The zero-order valence-electron chi connectivity index (χ0n) is 11.1. The van der Waals surface area contributed by atoms with Crippen LogP contribution in [0.15, 0.2) is 0 Å². The molecule has 0 spiro atoms. The van der Waals surface area contributed by atoms with Gasteiger partial charge in [-0.05, 0) is 12.8 Å². The van der Waals surface area contributed by atoms with E-state index in [0.29, 0.717) is 0 Å². The van der Waals surface area contributed by atoms with E-state index in [1.807, 2.05) is 0 Å². The lowest BCUT2D eigenvalue weighted by molar-refractivity contribution is 0.0529. The molecule has 0 aromatic carbocycles. The Hall–Kier alpha value is -0.0800. The molecule has 2 atom stereocenters. The van der Waals surface area contributed by atoms with Crippen LogP contribution in [0.3, 0.4) is 0 Å². The SMILES string of the molecule is CCCCCC[C@H](O)[C@H](CO)CCCCC. The van der Waals surface area contributed by atoms with E-state index in [1.165, 1.54) is 32.1 Å². The first-order chi connectivity index (χ1) is 7.76. The number of unbranched alkanes of at least 4 members (excludes halogenated alkanes) is 5. The van der Waals surface area contributed by atoms with Gasteiger partial charge < -0.3 is 10.2 Å². The highest BCUT2D eigenvalue weighted by Gasteiger charge is 2.17. The number of aliphatic hydroxyl groups is 2. The fraction of sp³-hybridized carbons (Fsp3) is 1.00. The van der Waals surface area contributed by atoms with Crippen molar-refractivity contribution in [3.8, 4) is 0 Å². The molecule has 2 N–H and O–H groups in total. The first-order valence-electron chi connectivity index (χ1n) is 7.05. The van der Waals surface area contributed by atoms with Gasteiger partial charge in [0.1, 0.15) is 0 Å². The maximum Gasteiger partial charge on any atom is 0.0590 e. The molecule has 0 saturated heterocycles. The van der Waals surface area contributed by atoms with Gasteiger partial charge in [0.15, 0.2) is 0 Å². The van der Waals surface area contributed by atoms with E-state index in [2.05, 4.69) is 13.8 Å². The zero-order chi connectivity index (χ0) is 12.2. The third-order valence-electron chi connectivity index (χ3n) is 3.31. The molecule has 0 aromatic heterocycles. The molecular weight excluding hydrogens is 200 g/mol. The second-order valence-corrected chi connectivity index (χ2v) is 4.86. The Morgan fingerprint density at radius 2 is 1.38 bits per heavy atom. The monoisotopic (exact) mass is 230 g/mol. The lowest BCUT2D eigenvalue weighted by atomic mass is 9.92. The smallest absolute Gasteiger partial charge is 0.0590 e. The predicted octanol–water partition coefficient (Wildman–Crippen LogP) is 3.51. The van der Waals surface area contributed by atoms with Gasteiger partial charge in [0.05, 0.1) is 6.10 Å². The van der Waals surface area contributed by atoms with Gasteiger partial charge in [-0.3, -0.25) is 0 Å². The van der Waals surface area contributed by atoms with E-state index >= 15 is 0 Å². The van der Waals surface area contributed by atoms with Gasteiger partial charge in [-0.25, -0.2) is 0 Å². The van der Waals surface area contributed by atoms with Gasteiger partial charge in [-0.2, -0.15) is 0 Å². The third kappa shape index (κ3) is 8.12. The van der Waals surface area contributed by atoms with E-state index in [1.54, 1.807) is 0 Å². The highest BCUT2D eigenvalue weighted by atomic mass is 16.3. The Morgan fingerprint density at radius 3 is 1.94 bits per heavy atom. The lowest BCUT2D eigenvalue weighted by Crippen LogP contribution is -2.23. The van der Waals surface area contributed by atoms with Gasteiger partial charge in [0, 0.05) is 12.5 Å². The molecule has 0 unspecified atom stereocenters. The van der Waals surface area contributed by atoms with Crippen LogP contribution in [0.1, 0.15) is 71.6 Å². The van der Waals surface area contributed by atoms with Crippen molar-refractivity contribution in [1.29, 1.82) is 0 Å². The van der Waals surface area contributed by atoms with Crippen molar-refractivity contribution in [2.45, 2.75) is 77.7 Å². The molecule has 0 fully saturated rings. The summed E-state index contributed by atoms with van der Waals surface area (Å²) in [5.41, 5.74) is 0. The molecule has 2 heteroatoms. The minimum Gasteiger partial charge on any atom is -0.396 e. The van der Waals surface area contributed by atoms with Crippen LogP contribution < -0.4 is 0 Å². The fourth-order valence-corrected chi connectivity index (χ4v) is 2.08. The van der Waals surface area contributed by atoms with E-state index in [0.717, 1.165) is 25.7 Å². The Bertz CT molecular complexity index is 137. The predicted molar refractivity (Wildman–Crippen MR) is 69.5 cm³/mol. The number of rotatable bonds is 11. The van der Waals surface area contributed by atoms with Crippen LogP contribution in [0.5, 0.6) is 0 Å². The lowest BCUT2D eigenvalue weighted by Gasteiger charge is -2.20. The van der Waals surface area contributed by atoms with Gasteiger partial charge in [0.25, 0.3) is 0 Å².